The van der Waals surface area contributed by atoms with Gasteiger partial charge in [0.2, 0.25) is 0 Å². The summed E-state index contributed by atoms with van der Waals surface area (Å²) in [5.74, 6) is 0.216. The molecule has 1 N–H and O–H groups in total. The van der Waals surface area contributed by atoms with Crippen molar-refractivity contribution in [2.75, 3.05) is 0 Å². The summed E-state index contributed by atoms with van der Waals surface area (Å²) in [5, 5.41) is 0.247. The summed E-state index contributed by atoms with van der Waals surface area (Å²) in [4.78, 5) is 27.1. The van der Waals surface area contributed by atoms with E-state index in [1.165, 1.54) is 4.57 Å². The van der Waals surface area contributed by atoms with E-state index in [1.807, 2.05) is 0 Å². The molecule has 112 valence electrons. The van der Waals surface area contributed by atoms with Crippen molar-refractivity contribution in [3.8, 4) is 0 Å². The minimum atomic E-state index is -0.377. The van der Waals surface area contributed by atoms with Crippen LogP contribution < -0.4 is 11.2 Å². The summed E-state index contributed by atoms with van der Waals surface area (Å²) >= 11 is 6.10. The van der Waals surface area contributed by atoms with E-state index in [-0.39, 0.29) is 22.3 Å². The number of hydrogen-bond donors (Lipinski definition) is 1. The van der Waals surface area contributed by atoms with E-state index in [0.717, 1.165) is 51.4 Å². The molecule has 5 heteroatoms. The molecule has 1 aliphatic carbocycles. The van der Waals surface area contributed by atoms with Crippen molar-refractivity contribution in [2.24, 2.45) is 0 Å². The largest absolute Gasteiger partial charge is 0.329 e. The van der Waals surface area contributed by atoms with Crippen LogP contribution >= 0.6 is 11.6 Å². The molecule has 20 heavy (non-hydrogen) atoms. The summed E-state index contributed by atoms with van der Waals surface area (Å²) < 4.78 is 1.33. The third-order valence-electron chi connectivity index (χ3n) is 4.17. The van der Waals surface area contributed by atoms with Crippen molar-refractivity contribution in [3.05, 3.63) is 31.6 Å². The molecule has 1 aromatic heterocycles. The second-order valence-corrected chi connectivity index (χ2v) is 6.03. The van der Waals surface area contributed by atoms with E-state index < -0.39 is 0 Å². The predicted molar refractivity (Wildman–Crippen MR) is 81.7 cm³/mol. The highest BCUT2D eigenvalue weighted by Crippen LogP contribution is 2.34. The monoisotopic (exact) mass is 298 g/mol. The highest BCUT2D eigenvalue weighted by molar-refractivity contribution is 6.30. The first-order valence-electron chi connectivity index (χ1n) is 7.67. The van der Waals surface area contributed by atoms with Gasteiger partial charge in [-0.3, -0.25) is 14.3 Å². The Balaban J connectivity index is 2.25. The van der Waals surface area contributed by atoms with Crippen molar-refractivity contribution in [2.45, 2.75) is 70.8 Å². The van der Waals surface area contributed by atoms with Gasteiger partial charge in [0.25, 0.3) is 5.56 Å². The van der Waals surface area contributed by atoms with E-state index >= 15 is 0 Å². The van der Waals surface area contributed by atoms with Gasteiger partial charge >= 0.3 is 5.69 Å². The summed E-state index contributed by atoms with van der Waals surface area (Å²) in [6.45, 7) is 2.63. The molecule has 0 saturated heterocycles. The van der Waals surface area contributed by atoms with E-state index in [2.05, 4.69) is 11.9 Å². The lowest BCUT2D eigenvalue weighted by molar-refractivity contribution is 0.540. The number of unbranched alkanes of at least 4 members (excludes halogenated alkanes) is 3. The van der Waals surface area contributed by atoms with Crippen LogP contribution in [0.15, 0.2) is 9.59 Å². The van der Waals surface area contributed by atoms with Gasteiger partial charge in [0.05, 0.1) is 5.56 Å². The molecule has 0 amide bonds. The van der Waals surface area contributed by atoms with Crippen molar-refractivity contribution in [1.29, 1.82) is 0 Å². The van der Waals surface area contributed by atoms with Gasteiger partial charge in [0, 0.05) is 6.54 Å². The molecule has 2 rings (SSSR count). The molecule has 1 fully saturated rings. The van der Waals surface area contributed by atoms with Crippen LogP contribution in [-0.2, 0) is 6.54 Å². The molecule has 1 aromatic rings. The first kappa shape index (κ1) is 15.4. The standard InChI is InChI=1S/C15H23ClN2O2/c1-2-3-4-7-10-18-14(19)12(11-8-5-6-9-11)13(16)17-15(18)20/h11H,2-10H2,1H3,(H,17,20). The minimum Gasteiger partial charge on any atom is -0.297 e. The molecule has 4 nitrogen and oxygen atoms in total. The Kier molecular flexibility index (Phi) is 5.46. The first-order valence-corrected chi connectivity index (χ1v) is 8.05. The van der Waals surface area contributed by atoms with Crippen LogP contribution in [0.4, 0.5) is 0 Å². The maximum Gasteiger partial charge on any atom is 0.329 e. The van der Waals surface area contributed by atoms with Crippen LogP contribution in [0.5, 0.6) is 0 Å². The van der Waals surface area contributed by atoms with Crippen LogP contribution in [-0.4, -0.2) is 9.55 Å². The fourth-order valence-electron chi connectivity index (χ4n) is 3.03. The summed E-state index contributed by atoms with van der Waals surface area (Å²) in [5.41, 5.74) is 0.0691. The Labute approximate surface area is 124 Å². The van der Waals surface area contributed by atoms with Crippen molar-refractivity contribution in [3.63, 3.8) is 0 Å². The van der Waals surface area contributed by atoms with E-state index in [0.29, 0.717) is 12.1 Å². The smallest absolute Gasteiger partial charge is 0.297 e. The number of aromatic amines is 1. The van der Waals surface area contributed by atoms with Gasteiger partial charge in [-0.2, -0.15) is 0 Å². The van der Waals surface area contributed by atoms with Crippen LogP contribution in [0.2, 0.25) is 5.15 Å². The molecule has 0 atom stereocenters. The van der Waals surface area contributed by atoms with Gasteiger partial charge in [-0.1, -0.05) is 50.6 Å². The normalized spacial score (nSPS) is 15.9. The zero-order valence-corrected chi connectivity index (χ0v) is 12.8. The molecule has 1 heterocycles. The topological polar surface area (TPSA) is 54.9 Å². The lowest BCUT2D eigenvalue weighted by Crippen LogP contribution is -2.38. The zero-order chi connectivity index (χ0) is 14.5. The number of nitrogens with one attached hydrogen (secondary N) is 1. The zero-order valence-electron chi connectivity index (χ0n) is 12.1. The number of H-pyrrole nitrogens is 1. The lowest BCUT2D eigenvalue weighted by Gasteiger charge is -2.13. The number of rotatable bonds is 6. The second-order valence-electron chi connectivity index (χ2n) is 5.66. The van der Waals surface area contributed by atoms with Crippen LogP contribution in [0.25, 0.3) is 0 Å². The maximum absolute atomic E-state index is 12.5. The molecule has 1 saturated carbocycles. The van der Waals surface area contributed by atoms with Gasteiger partial charge in [-0.25, -0.2) is 4.79 Å². The highest BCUT2D eigenvalue weighted by atomic mass is 35.5. The Hall–Kier alpha value is -1.03. The third kappa shape index (κ3) is 3.35. The van der Waals surface area contributed by atoms with E-state index in [1.54, 1.807) is 0 Å². The van der Waals surface area contributed by atoms with Gasteiger partial charge < -0.3 is 0 Å². The highest BCUT2D eigenvalue weighted by Gasteiger charge is 2.24. The Morgan fingerprint density at radius 1 is 1.20 bits per heavy atom. The fraction of sp³-hybridized carbons (Fsp3) is 0.733. The lowest BCUT2D eigenvalue weighted by atomic mass is 10.0. The molecular formula is C15H23ClN2O2. The van der Waals surface area contributed by atoms with Crippen molar-refractivity contribution < 1.29 is 0 Å². The van der Waals surface area contributed by atoms with Crippen LogP contribution in [0, 0.1) is 0 Å². The average Bonchev–Trinajstić information content (AvgIpc) is 2.91. The van der Waals surface area contributed by atoms with Gasteiger partial charge in [-0.15, -0.1) is 0 Å². The molecule has 0 aliphatic heterocycles. The molecule has 0 aromatic carbocycles. The van der Waals surface area contributed by atoms with Crippen LogP contribution in [0.1, 0.15) is 69.8 Å². The molecule has 0 unspecified atom stereocenters. The summed E-state index contributed by atoms with van der Waals surface area (Å²) in [6.07, 6.45) is 8.45. The van der Waals surface area contributed by atoms with Crippen LogP contribution in [0.3, 0.4) is 0 Å². The van der Waals surface area contributed by atoms with Gasteiger partial charge in [0.15, 0.2) is 0 Å². The molecular weight excluding hydrogens is 276 g/mol. The summed E-state index contributed by atoms with van der Waals surface area (Å²) in [6, 6.07) is 0. The number of aromatic nitrogens is 2. The number of nitrogens with zero attached hydrogens (tertiary/aromatic N) is 1. The fourth-order valence-corrected chi connectivity index (χ4v) is 3.34. The number of halogens is 1. The molecule has 1 aliphatic rings. The predicted octanol–water partition coefficient (Wildman–Crippen LogP) is 3.43. The van der Waals surface area contributed by atoms with Crippen molar-refractivity contribution >= 4 is 11.6 Å². The molecule has 0 spiro atoms. The quantitative estimate of drug-likeness (QED) is 0.646. The SMILES string of the molecule is CCCCCCn1c(=O)[nH]c(Cl)c(C2CCCC2)c1=O. The maximum atomic E-state index is 12.5. The molecule has 0 bridgehead atoms. The summed E-state index contributed by atoms with van der Waals surface area (Å²) in [7, 11) is 0. The third-order valence-corrected chi connectivity index (χ3v) is 4.47. The Morgan fingerprint density at radius 3 is 2.55 bits per heavy atom. The van der Waals surface area contributed by atoms with Gasteiger partial charge in [-0.05, 0) is 25.2 Å². The van der Waals surface area contributed by atoms with Crippen molar-refractivity contribution in [1.82, 2.24) is 9.55 Å². The second kappa shape index (κ2) is 7.11. The minimum absolute atomic E-state index is 0.179. The molecule has 0 radical (unpaired) electrons. The Bertz CT molecular complexity index is 556. The average molecular weight is 299 g/mol. The Morgan fingerprint density at radius 2 is 1.90 bits per heavy atom. The van der Waals surface area contributed by atoms with E-state index in [9.17, 15) is 9.59 Å². The number of hydrogen-bond acceptors (Lipinski definition) is 2. The first-order chi connectivity index (χ1) is 9.65. The van der Waals surface area contributed by atoms with Gasteiger partial charge in [0.1, 0.15) is 5.15 Å². The van der Waals surface area contributed by atoms with E-state index in [4.69, 9.17) is 11.6 Å².